The van der Waals surface area contributed by atoms with E-state index in [1.807, 2.05) is 19.4 Å². The molecule has 3 nitrogen and oxygen atoms in total. The van der Waals surface area contributed by atoms with Crippen molar-refractivity contribution >= 4 is 15.9 Å². The van der Waals surface area contributed by atoms with E-state index in [0.29, 0.717) is 12.0 Å². The Bertz CT molecular complexity index is 340. The molecule has 1 aliphatic rings. The van der Waals surface area contributed by atoms with Gasteiger partial charge in [0.1, 0.15) is 0 Å². The summed E-state index contributed by atoms with van der Waals surface area (Å²) in [6.07, 6.45) is 5.92. The number of aromatic nitrogens is 1. The summed E-state index contributed by atoms with van der Waals surface area (Å²) in [7, 11) is 2.02. The largest absolute Gasteiger partial charge is 0.381 e. The van der Waals surface area contributed by atoms with E-state index in [2.05, 4.69) is 32.3 Å². The number of hydrogen-bond acceptors (Lipinski definition) is 3. The summed E-state index contributed by atoms with van der Waals surface area (Å²) in [6.45, 7) is 1.78. The molecule has 0 aliphatic carbocycles. The Morgan fingerprint density at radius 1 is 1.62 bits per heavy atom. The van der Waals surface area contributed by atoms with Gasteiger partial charge in [0.2, 0.25) is 0 Å². The first-order chi connectivity index (χ1) is 7.79. The Morgan fingerprint density at radius 3 is 3.12 bits per heavy atom. The molecule has 0 saturated carbocycles. The van der Waals surface area contributed by atoms with Crippen LogP contribution in [0.3, 0.4) is 0 Å². The van der Waals surface area contributed by atoms with E-state index in [1.54, 1.807) is 0 Å². The molecule has 2 heterocycles. The van der Waals surface area contributed by atoms with Crippen LogP contribution in [0.15, 0.2) is 22.9 Å². The fourth-order valence-corrected chi connectivity index (χ4v) is 2.61. The maximum Gasteiger partial charge on any atom is 0.0510 e. The van der Waals surface area contributed by atoms with Gasteiger partial charge < -0.3 is 10.1 Å². The minimum Gasteiger partial charge on any atom is -0.381 e. The van der Waals surface area contributed by atoms with E-state index in [0.717, 1.165) is 30.5 Å². The van der Waals surface area contributed by atoms with Crippen LogP contribution < -0.4 is 5.32 Å². The summed E-state index contributed by atoms with van der Waals surface area (Å²) in [5.74, 6) is 0.629. The van der Waals surface area contributed by atoms with Crippen LogP contribution in [0.5, 0.6) is 0 Å². The molecular weight excluding hydrogens is 268 g/mol. The fraction of sp³-hybridized carbons (Fsp3) is 0.583. The molecule has 0 bridgehead atoms. The number of pyridine rings is 1. The van der Waals surface area contributed by atoms with Crippen molar-refractivity contribution in [3.05, 3.63) is 28.5 Å². The molecule has 2 rings (SSSR count). The van der Waals surface area contributed by atoms with Gasteiger partial charge in [0.15, 0.2) is 0 Å². The molecule has 0 radical (unpaired) electrons. The molecule has 1 N–H and O–H groups in total. The van der Waals surface area contributed by atoms with Crippen molar-refractivity contribution in [3.8, 4) is 0 Å². The number of hydrogen-bond donors (Lipinski definition) is 1. The zero-order chi connectivity index (χ0) is 11.4. The van der Waals surface area contributed by atoms with Gasteiger partial charge in [-0.3, -0.25) is 4.98 Å². The van der Waals surface area contributed by atoms with E-state index < -0.39 is 0 Å². The van der Waals surface area contributed by atoms with Gasteiger partial charge in [-0.2, -0.15) is 0 Å². The number of likely N-dealkylation sites (N-methyl/N-ethyl adjacent to an activating group) is 1. The van der Waals surface area contributed by atoms with E-state index in [9.17, 15) is 0 Å². The Hall–Kier alpha value is -0.450. The van der Waals surface area contributed by atoms with Crippen LogP contribution in [0.1, 0.15) is 12.0 Å². The lowest BCUT2D eigenvalue weighted by Crippen LogP contribution is -2.35. The van der Waals surface area contributed by atoms with Crippen LogP contribution in [0.2, 0.25) is 0 Å². The van der Waals surface area contributed by atoms with Crippen molar-refractivity contribution in [1.82, 2.24) is 10.3 Å². The number of halogens is 1. The van der Waals surface area contributed by atoms with E-state index in [-0.39, 0.29) is 0 Å². The number of nitrogens with zero attached hydrogens (tertiary/aromatic N) is 1. The molecule has 1 saturated heterocycles. The second-order valence-electron chi connectivity index (χ2n) is 4.23. The summed E-state index contributed by atoms with van der Waals surface area (Å²) < 4.78 is 6.48. The molecule has 1 fully saturated rings. The van der Waals surface area contributed by atoms with Crippen LogP contribution in [-0.2, 0) is 11.2 Å². The normalized spacial score (nSPS) is 22.2. The third-order valence-corrected chi connectivity index (χ3v) is 3.56. The predicted octanol–water partition coefficient (Wildman–Crippen LogP) is 2.01. The molecule has 1 aromatic heterocycles. The third kappa shape index (κ3) is 3.03. The van der Waals surface area contributed by atoms with E-state index >= 15 is 0 Å². The minimum atomic E-state index is 0.485. The molecule has 0 aromatic carbocycles. The second-order valence-corrected chi connectivity index (χ2v) is 5.15. The minimum absolute atomic E-state index is 0.485. The molecular formula is C12H17BrN2O. The van der Waals surface area contributed by atoms with Gasteiger partial charge in [0, 0.05) is 35.4 Å². The Labute approximate surface area is 105 Å². The van der Waals surface area contributed by atoms with Gasteiger partial charge in [-0.15, -0.1) is 0 Å². The molecule has 2 atom stereocenters. The van der Waals surface area contributed by atoms with Gasteiger partial charge >= 0.3 is 0 Å². The van der Waals surface area contributed by atoms with Gasteiger partial charge in [0.25, 0.3) is 0 Å². The summed E-state index contributed by atoms with van der Waals surface area (Å²) in [4.78, 5) is 4.19. The average Bonchev–Trinajstić information content (AvgIpc) is 2.79. The maximum atomic E-state index is 5.44. The van der Waals surface area contributed by atoms with Crippen molar-refractivity contribution in [2.75, 3.05) is 20.3 Å². The van der Waals surface area contributed by atoms with Gasteiger partial charge in [0.05, 0.1) is 6.61 Å². The van der Waals surface area contributed by atoms with Crippen LogP contribution in [0.25, 0.3) is 0 Å². The molecule has 0 spiro atoms. The van der Waals surface area contributed by atoms with Gasteiger partial charge in [-0.05, 0) is 47.4 Å². The lowest BCUT2D eigenvalue weighted by Gasteiger charge is -2.21. The second kappa shape index (κ2) is 5.75. The highest BCUT2D eigenvalue weighted by molar-refractivity contribution is 9.10. The third-order valence-electron chi connectivity index (χ3n) is 3.12. The highest BCUT2D eigenvalue weighted by Crippen LogP contribution is 2.20. The van der Waals surface area contributed by atoms with Crippen LogP contribution in [-0.4, -0.2) is 31.3 Å². The van der Waals surface area contributed by atoms with Crippen molar-refractivity contribution in [2.45, 2.75) is 18.9 Å². The standard InChI is InChI=1S/C12H17BrN2O/c1-14-12(10-2-3-16-8-10)5-9-4-11(13)7-15-6-9/h4,6-7,10,12,14H,2-3,5,8H2,1H3. The maximum absolute atomic E-state index is 5.44. The molecule has 16 heavy (non-hydrogen) atoms. The zero-order valence-electron chi connectivity index (χ0n) is 9.45. The molecule has 0 amide bonds. The number of rotatable bonds is 4. The summed E-state index contributed by atoms with van der Waals surface area (Å²) >= 11 is 3.45. The van der Waals surface area contributed by atoms with Crippen molar-refractivity contribution in [3.63, 3.8) is 0 Å². The SMILES string of the molecule is CNC(Cc1cncc(Br)c1)C1CCOC1. The quantitative estimate of drug-likeness (QED) is 0.919. The first kappa shape index (κ1) is 12.0. The molecule has 88 valence electrons. The van der Waals surface area contributed by atoms with Crippen LogP contribution in [0.4, 0.5) is 0 Å². The predicted molar refractivity (Wildman–Crippen MR) is 67.4 cm³/mol. The average molecular weight is 285 g/mol. The Morgan fingerprint density at radius 2 is 2.50 bits per heavy atom. The first-order valence-corrected chi connectivity index (χ1v) is 6.43. The monoisotopic (exact) mass is 284 g/mol. The number of nitrogens with one attached hydrogen (secondary N) is 1. The smallest absolute Gasteiger partial charge is 0.0510 e. The molecule has 1 aliphatic heterocycles. The zero-order valence-corrected chi connectivity index (χ0v) is 11.0. The highest BCUT2D eigenvalue weighted by atomic mass is 79.9. The molecule has 1 aromatic rings. The lowest BCUT2D eigenvalue weighted by atomic mass is 9.94. The van der Waals surface area contributed by atoms with Crippen LogP contribution in [0, 0.1) is 5.92 Å². The van der Waals surface area contributed by atoms with Crippen molar-refractivity contribution < 1.29 is 4.74 Å². The topological polar surface area (TPSA) is 34.2 Å². The summed E-state index contributed by atoms with van der Waals surface area (Å²) in [6, 6.07) is 2.62. The Balaban J connectivity index is 2.00. The van der Waals surface area contributed by atoms with E-state index in [1.165, 1.54) is 5.56 Å². The fourth-order valence-electron chi connectivity index (χ4n) is 2.20. The van der Waals surface area contributed by atoms with Crippen molar-refractivity contribution in [2.24, 2.45) is 5.92 Å². The lowest BCUT2D eigenvalue weighted by molar-refractivity contribution is 0.177. The van der Waals surface area contributed by atoms with Crippen LogP contribution >= 0.6 is 15.9 Å². The summed E-state index contributed by atoms with van der Waals surface area (Å²) in [5.41, 5.74) is 1.26. The Kier molecular flexibility index (Phi) is 4.32. The molecule has 4 heteroatoms. The summed E-state index contributed by atoms with van der Waals surface area (Å²) in [5, 5.41) is 3.39. The highest BCUT2D eigenvalue weighted by Gasteiger charge is 2.24. The van der Waals surface area contributed by atoms with Gasteiger partial charge in [-0.1, -0.05) is 0 Å². The van der Waals surface area contributed by atoms with E-state index in [4.69, 9.17) is 4.74 Å². The first-order valence-electron chi connectivity index (χ1n) is 5.64. The van der Waals surface area contributed by atoms with Gasteiger partial charge in [-0.25, -0.2) is 0 Å². The number of ether oxygens (including phenoxy) is 1. The van der Waals surface area contributed by atoms with Crippen molar-refractivity contribution in [1.29, 1.82) is 0 Å². The molecule has 2 unspecified atom stereocenters.